The Morgan fingerprint density at radius 1 is 1.00 bits per heavy atom. The van der Waals surface area contributed by atoms with Crippen LogP contribution in [0.3, 0.4) is 0 Å². The SMILES string of the molecule is COCCNCc1ccc(OCCOCCOC)c(Cl)c1. The smallest absolute Gasteiger partial charge is 0.138 e. The topological polar surface area (TPSA) is 49.0 Å². The van der Waals surface area contributed by atoms with Gasteiger partial charge in [0.1, 0.15) is 12.4 Å². The minimum absolute atomic E-state index is 0.467. The first kappa shape index (κ1) is 18.2. The summed E-state index contributed by atoms with van der Waals surface area (Å²) in [5, 5.41) is 3.87. The molecule has 120 valence electrons. The molecule has 0 radical (unpaired) electrons. The molecule has 0 saturated carbocycles. The Bertz CT molecular complexity index is 390. The third kappa shape index (κ3) is 8.24. The normalized spacial score (nSPS) is 10.8. The van der Waals surface area contributed by atoms with Crippen LogP contribution in [0.5, 0.6) is 5.75 Å². The van der Waals surface area contributed by atoms with Crippen molar-refractivity contribution in [1.29, 1.82) is 0 Å². The van der Waals surface area contributed by atoms with Gasteiger partial charge in [0.15, 0.2) is 0 Å². The summed E-state index contributed by atoms with van der Waals surface area (Å²) in [6.07, 6.45) is 0. The maximum atomic E-state index is 6.19. The van der Waals surface area contributed by atoms with E-state index in [9.17, 15) is 0 Å². The second kappa shape index (κ2) is 11.8. The molecule has 0 aliphatic heterocycles. The average Bonchev–Trinajstić information content (AvgIpc) is 2.49. The minimum Gasteiger partial charge on any atom is -0.490 e. The van der Waals surface area contributed by atoms with Crippen molar-refractivity contribution in [3.05, 3.63) is 28.8 Å². The molecule has 0 bridgehead atoms. The summed E-state index contributed by atoms with van der Waals surface area (Å²) < 4.78 is 20.8. The van der Waals surface area contributed by atoms with E-state index in [0.717, 1.165) is 18.7 Å². The van der Waals surface area contributed by atoms with Gasteiger partial charge in [0.05, 0.1) is 31.5 Å². The van der Waals surface area contributed by atoms with Crippen molar-refractivity contribution in [3.8, 4) is 5.75 Å². The van der Waals surface area contributed by atoms with E-state index in [1.54, 1.807) is 14.2 Å². The summed E-state index contributed by atoms with van der Waals surface area (Å²) in [6, 6.07) is 5.78. The van der Waals surface area contributed by atoms with Crippen LogP contribution in [0.2, 0.25) is 5.02 Å². The fourth-order valence-electron chi connectivity index (χ4n) is 1.63. The Balaban J connectivity index is 2.26. The summed E-state index contributed by atoms with van der Waals surface area (Å²) >= 11 is 6.19. The molecule has 0 heterocycles. The van der Waals surface area contributed by atoms with Crippen LogP contribution in [-0.4, -0.2) is 53.8 Å². The molecule has 21 heavy (non-hydrogen) atoms. The third-order valence-corrected chi connectivity index (χ3v) is 3.02. The molecule has 1 N–H and O–H groups in total. The van der Waals surface area contributed by atoms with E-state index in [1.165, 1.54) is 0 Å². The van der Waals surface area contributed by atoms with E-state index in [1.807, 2.05) is 18.2 Å². The molecule has 0 saturated heterocycles. The van der Waals surface area contributed by atoms with Crippen molar-refractivity contribution >= 4 is 11.6 Å². The van der Waals surface area contributed by atoms with Crippen LogP contribution < -0.4 is 10.1 Å². The highest BCUT2D eigenvalue weighted by atomic mass is 35.5. The standard InChI is InChI=1S/C15H24ClNO4/c1-18-6-5-17-12-13-3-4-15(14(16)11-13)21-10-9-20-8-7-19-2/h3-4,11,17H,5-10,12H2,1-2H3. The van der Waals surface area contributed by atoms with E-state index in [4.69, 9.17) is 30.5 Å². The van der Waals surface area contributed by atoms with E-state index in [-0.39, 0.29) is 0 Å². The van der Waals surface area contributed by atoms with E-state index in [0.29, 0.717) is 43.8 Å². The van der Waals surface area contributed by atoms with Gasteiger partial charge in [-0.1, -0.05) is 17.7 Å². The van der Waals surface area contributed by atoms with E-state index in [2.05, 4.69) is 5.32 Å². The van der Waals surface area contributed by atoms with Gasteiger partial charge in [0.2, 0.25) is 0 Å². The molecular formula is C15H24ClNO4. The zero-order valence-electron chi connectivity index (χ0n) is 12.7. The van der Waals surface area contributed by atoms with E-state index < -0.39 is 0 Å². The van der Waals surface area contributed by atoms with Gasteiger partial charge in [-0.2, -0.15) is 0 Å². The summed E-state index contributed by atoms with van der Waals surface area (Å²) in [4.78, 5) is 0. The minimum atomic E-state index is 0.467. The number of halogens is 1. The lowest BCUT2D eigenvalue weighted by atomic mass is 10.2. The second-order valence-electron chi connectivity index (χ2n) is 4.39. The van der Waals surface area contributed by atoms with Crippen LogP contribution in [-0.2, 0) is 20.8 Å². The molecule has 1 aromatic rings. The summed E-state index contributed by atoms with van der Waals surface area (Å²) in [5.41, 5.74) is 1.11. The predicted molar refractivity (Wildman–Crippen MR) is 83.2 cm³/mol. The average molecular weight is 318 g/mol. The summed E-state index contributed by atoms with van der Waals surface area (Å²) in [5.74, 6) is 0.674. The first-order valence-corrected chi connectivity index (χ1v) is 7.33. The van der Waals surface area contributed by atoms with Crippen LogP contribution in [0, 0.1) is 0 Å². The highest BCUT2D eigenvalue weighted by Crippen LogP contribution is 2.25. The number of hydrogen-bond acceptors (Lipinski definition) is 5. The molecule has 1 aromatic carbocycles. The highest BCUT2D eigenvalue weighted by molar-refractivity contribution is 6.32. The van der Waals surface area contributed by atoms with Crippen LogP contribution >= 0.6 is 11.6 Å². The number of ether oxygens (including phenoxy) is 4. The lowest BCUT2D eigenvalue weighted by Gasteiger charge is -2.10. The van der Waals surface area contributed by atoms with Gasteiger partial charge in [-0.15, -0.1) is 0 Å². The van der Waals surface area contributed by atoms with Gasteiger partial charge < -0.3 is 24.3 Å². The maximum absolute atomic E-state index is 6.19. The number of methoxy groups -OCH3 is 2. The zero-order chi connectivity index (χ0) is 15.3. The Hall–Kier alpha value is -0.850. The largest absolute Gasteiger partial charge is 0.490 e. The molecule has 0 aliphatic carbocycles. The molecule has 6 heteroatoms. The van der Waals surface area contributed by atoms with Gasteiger partial charge in [0, 0.05) is 27.3 Å². The second-order valence-corrected chi connectivity index (χ2v) is 4.80. The number of benzene rings is 1. The molecular weight excluding hydrogens is 294 g/mol. The molecule has 1 rings (SSSR count). The lowest BCUT2D eigenvalue weighted by molar-refractivity contribution is 0.0544. The summed E-state index contributed by atoms with van der Waals surface area (Å²) in [6.45, 7) is 4.40. The lowest BCUT2D eigenvalue weighted by Crippen LogP contribution is -2.18. The van der Waals surface area contributed by atoms with Crippen LogP contribution in [0.15, 0.2) is 18.2 Å². The van der Waals surface area contributed by atoms with Gasteiger partial charge in [-0.25, -0.2) is 0 Å². The molecule has 0 aliphatic rings. The number of nitrogens with one attached hydrogen (secondary N) is 1. The zero-order valence-corrected chi connectivity index (χ0v) is 13.4. The molecule has 0 atom stereocenters. The van der Waals surface area contributed by atoms with Crippen LogP contribution in [0.4, 0.5) is 0 Å². The first-order valence-electron chi connectivity index (χ1n) is 6.95. The van der Waals surface area contributed by atoms with Gasteiger partial charge in [-0.05, 0) is 17.7 Å². The van der Waals surface area contributed by atoms with Crippen LogP contribution in [0.25, 0.3) is 0 Å². The first-order chi connectivity index (χ1) is 10.3. The highest BCUT2D eigenvalue weighted by Gasteiger charge is 2.03. The van der Waals surface area contributed by atoms with Crippen molar-refractivity contribution in [1.82, 2.24) is 5.32 Å². The van der Waals surface area contributed by atoms with Gasteiger partial charge >= 0.3 is 0 Å². The number of rotatable bonds is 12. The Morgan fingerprint density at radius 3 is 2.48 bits per heavy atom. The van der Waals surface area contributed by atoms with Crippen molar-refractivity contribution in [2.45, 2.75) is 6.54 Å². The predicted octanol–water partition coefficient (Wildman–Crippen LogP) is 2.12. The molecule has 0 unspecified atom stereocenters. The molecule has 0 amide bonds. The Labute approximate surface area is 131 Å². The van der Waals surface area contributed by atoms with E-state index >= 15 is 0 Å². The van der Waals surface area contributed by atoms with Gasteiger partial charge in [-0.3, -0.25) is 0 Å². The van der Waals surface area contributed by atoms with Crippen LogP contribution in [0.1, 0.15) is 5.56 Å². The molecule has 5 nitrogen and oxygen atoms in total. The van der Waals surface area contributed by atoms with Crippen molar-refractivity contribution < 1.29 is 18.9 Å². The number of hydrogen-bond donors (Lipinski definition) is 1. The fourth-order valence-corrected chi connectivity index (χ4v) is 1.89. The summed E-state index contributed by atoms with van der Waals surface area (Å²) in [7, 11) is 3.33. The van der Waals surface area contributed by atoms with Gasteiger partial charge in [0.25, 0.3) is 0 Å². The maximum Gasteiger partial charge on any atom is 0.138 e. The fraction of sp³-hybridized carbons (Fsp3) is 0.600. The van der Waals surface area contributed by atoms with Crippen molar-refractivity contribution in [2.24, 2.45) is 0 Å². The van der Waals surface area contributed by atoms with Crippen molar-refractivity contribution in [3.63, 3.8) is 0 Å². The third-order valence-electron chi connectivity index (χ3n) is 2.73. The Kier molecular flexibility index (Phi) is 10.2. The molecule has 0 fully saturated rings. The molecule has 0 spiro atoms. The monoisotopic (exact) mass is 317 g/mol. The molecule has 0 aromatic heterocycles. The van der Waals surface area contributed by atoms with Crippen molar-refractivity contribution in [2.75, 3.05) is 53.8 Å². The quantitative estimate of drug-likeness (QED) is 0.598. The Morgan fingerprint density at radius 2 is 1.76 bits per heavy atom.